The summed E-state index contributed by atoms with van der Waals surface area (Å²) in [5.74, 6) is -1.24. The number of sulfonamides is 1. The van der Waals surface area contributed by atoms with Gasteiger partial charge in [0.15, 0.2) is 0 Å². The molecule has 0 aliphatic carbocycles. The summed E-state index contributed by atoms with van der Waals surface area (Å²) >= 11 is 6.25. The van der Waals surface area contributed by atoms with E-state index in [4.69, 9.17) is 16.3 Å². The van der Waals surface area contributed by atoms with Crippen LogP contribution >= 0.6 is 11.6 Å². The van der Waals surface area contributed by atoms with Crippen LogP contribution in [-0.4, -0.2) is 51.4 Å². The van der Waals surface area contributed by atoms with Crippen molar-refractivity contribution in [2.24, 2.45) is 0 Å². The first-order valence-electron chi connectivity index (χ1n) is 14.4. The molecule has 0 spiro atoms. The van der Waals surface area contributed by atoms with E-state index in [1.807, 2.05) is 37.3 Å². The van der Waals surface area contributed by atoms with Crippen molar-refractivity contribution in [2.75, 3.05) is 24.5 Å². The number of carbonyl (C=O) groups excluding carboxylic acids is 2. The van der Waals surface area contributed by atoms with E-state index in [2.05, 4.69) is 5.32 Å². The maximum absolute atomic E-state index is 15.0. The molecule has 0 aliphatic heterocycles. The fraction of sp³-hybridized carbons (Fsp3) is 0.235. The Bertz CT molecular complexity index is 1700. The highest BCUT2D eigenvalue weighted by atomic mass is 35.5. The predicted molar refractivity (Wildman–Crippen MR) is 173 cm³/mol. The molecule has 1 N–H and O–H groups in total. The number of amides is 2. The third kappa shape index (κ3) is 8.61. The van der Waals surface area contributed by atoms with Crippen LogP contribution in [0, 0.1) is 5.82 Å². The second kappa shape index (κ2) is 15.5. The smallest absolute Gasteiger partial charge is 0.264 e. The Morgan fingerprint density at radius 2 is 1.62 bits per heavy atom. The lowest BCUT2D eigenvalue weighted by Gasteiger charge is -2.34. The third-order valence-electron chi connectivity index (χ3n) is 7.14. The molecule has 11 heteroatoms. The Labute approximate surface area is 268 Å². The molecule has 0 aliphatic rings. The van der Waals surface area contributed by atoms with Crippen LogP contribution in [0.2, 0.25) is 5.02 Å². The number of nitrogens with one attached hydrogen (secondary N) is 1. The van der Waals surface area contributed by atoms with E-state index in [0.717, 1.165) is 9.87 Å². The van der Waals surface area contributed by atoms with E-state index in [9.17, 15) is 22.4 Å². The van der Waals surface area contributed by atoms with Crippen LogP contribution < -0.4 is 14.4 Å². The van der Waals surface area contributed by atoms with Gasteiger partial charge in [-0.25, -0.2) is 12.8 Å². The zero-order chi connectivity index (χ0) is 32.4. The number of hydrogen-bond donors (Lipinski definition) is 1. The first-order valence-corrected chi connectivity index (χ1v) is 16.2. The molecule has 45 heavy (non-hydrogen) atoms. The summed E-state index contributed by atoms with van der Waals surface area (Å²) in [4.78, 5) is 29.2. The molecular formula is C34H35ClFN3O5S. The van der Waals surface area contributed by atoms with E-state index < -0.39 is 40.2 Å². The highest BCUT2D eigenvalue weighted by molar-refractivity contribution is 7.92. The van der Waals surface area contributed by atoms with E-state index in [1.165, 1.54) is 66.6 Å². The normalized spacial score (nSPS) is 11.8. The van der Waals surface area contributed by atoms with Crippen molar-refractivity contribution in [1.29, 1.82) is 0 Å². The molecule has 0 bridgehead atoms. The van der Waals surface area contributed by atoms with Gasteiger partial charge in [-0.3, -0.25) is 13.9 Å². The zero-order valence-corrected chi connectivity index (χ0v) is 26.6. The predicted octanol–water partition coefficient (Wildman–Crippen LogP) is 5.85. The number of ether oxygens (including phenoxy) is 1. The van der Waals surface area contributed by atoms with Crippen LogP contribution in [0.1, 0.15) is 24.5 Å². The molecule has 0 saturated carbocycles. The van der Waals surface area contributed by atoms with E-state index in [0.29, 0.717) is 18.7 Å². The maximum Gasteiger partial charge on any atom is 0.264 e. The van der Waals surface area contributed by atoms with Gasteiger partial charge in [-0.05, 0) is 60.5 Å². The van der Waals surface area contributed by atoms with Gasteiger partial charge in [-0.2, -0.15) is 0 Å². The lowest BCUT2D eigenvalue weighted by Crippen LogP contribution is -2.53. The van der Waals surface area contributed by atoms with Crippen molar-refractivity contribution in [2.45, 2.75) is 37.2 Å². The van der Waals surface area contributed by atoms with E-state index in [-0.39, 0.29) is 34.1 Å². The molecule has 0 radical (unpaired) electrons. The van der Waals surface area contributed by atoms with Crippen molar-refractivity contribution < 1.29 is 27.1 Å². The first kappa shape index (κ1) is 33.5. The highest BCUT2D eigenvalue weighted by Gasteiger charge is 2.35. The molecule has 0 aromatic heterocycles. The maximum atomic E-state index is 15.0. The van der Waals surface area contributed by atoms with Gasteiger partial charge in [-0.15, -0.1) is 0 Å². The quantitative estimate of drug-likeness (QED) is 0.185. The first-order chi connectivity index (χ1) is 21.6. The van der Waals surface area contributed by atoms with Crippen molar-refractivity contribution in [3.8, 4) is 5.75 Å². The van der Waals surface area contributed by atoms with Crippen molar-refractivity contribution in [3.05, 3.63) is 125 Å². The van der Waals surface area contributed by atoms with Crippen LogP contribution in [0.5, 0.6) is 5.75 Å². The van der Waals surface area contributed by atoms with Gasteiger partial charge in [0.1, 0.15) is 24.2 Å². The second-order valence-electron chi connectivity index (χ2n) is 10.3. The standard InChI is InChI=1S/C34H35ClFN3O5S/c1-3-20-37-34(41)32(21-25-10-5-4-6-11-25)38(23-26-12-7-8-15-31(26)36)33(40)24-39(28-14-9-13-27(35)22-28)45(42,43)30-18-16-29(44-2)17-19-30/h4-19,22,32H,3,20-21,23-24H2,1-2H3,(H,37,41). The Hall–Kier alpha value is -4.41. The summed E-state index contributed by atoms with van der Waals surface area (Å²) in [5.41, 5.74) is 1.10. The molecule has 4 aromatic rings. The topological polar surface area (TPSA) is 96.0 Å². The summed E-state index contributed by atoms with van der Waals surface area (Å²) in [5, 5.41) is 3.12. The number of methoxy groups -OCH3 is 1. The van der Waals surface area contributed by atoms with Crippen molar-refractivity contribution in [3.63, 3.8) is 0 Å². The minimum atomic E-state index is -4.33. The second-order valence-corrected chi connectivity index (χ2v) is 12.6. The molecule has 1 atom stereocenters. The van der Waals surface area contributed by atoms with Gasteiger partial charge in [0.2, 0.25) is 11.8 Å². The molecule has 0 saturated heterocycles. The number of halogens is 2. The van der Waals surface area contributed by atoms with Crippen LogP contribution in [0.3, 0.4) is 0 Å². The number of rotatable bonds is 14. The van der Waals surface area contributed by atoms with Gasteiger partial charge in [0, 0.05) is 30.1 Å². The molecule has 4 aromatic carbocycles. The molecule has 236 valence electrons. The molecule has 2 amide bonds. The number of anilines is 1. The number of nitrogens with zero attached hydrogens (tertiary/aromatic N) is 2. The summed E-state index contributed by atoms with van der Waals surface area (Å²) in [6.07, 6.45) is 0.784. The Morgan fingerprint density at radius 3 is 2.27 bits per heavy atom. The zero-order valence-electron chi connectivity index (χ0n) is 25.0. The fourth-order valence-corrected chi connectivity index (χ4v) is 6.36. The molecule has 4 rings (SSSR count). The van der Waals surface area contributed by atoms with Crippen LogP contribution in [-0.2, 0) is 32.6 Å². The Balaban J connectivity index is 1.80. The molecular weight excluding hydrogens is 617 g/mol. The van der Waals surface area contributed by atoms with Crippen LogP contribution in [0.4, 0.5) is 10.1 Å². The third-order valence-corrected chi connectivity index (χ3v) is 9.16. The number of carbonyl (C=O) groups is 2. The lowest BCUT2D eigenvalue weighted by molar-refractivity contribution is -0.140. The average Bonchev–Trinajstić information content (AvgIpc) is 3.05. The van der Waals surface area contributed by atoms with Crippen LogP contribution in [0.25, 0.3) is 0 Å². The SMILES string of the molecule is CCCNC(=O)C(Cc1ccccc1)N(Cc1ccccc1F)C(=O)CN(c1cccc(Cl)c1)S(=O)(=O)c1ccc(OC)cc1. The summed E-state index contributed by atoms with van der Waals surface area (Å²) in [7, 11) is -2.86. The average molecular weight is 652 g/mol. The lowest BCUT2D eigenvalue weighted by atomic mass is 10.0. The summed E-state index contributed by atoms with van der Waals surface area (Å²) in [6, 6.07) is 25.9. The van der Waals surface area contributed by atoms with Gasteiger partial charge in [0.25, 0.3) is 10.0 Å². The number of hydrogen-bond acceptors (Lipinski definition) is 5. The molecule has 0 heterocycles. The highest BCUT2D eigenvalue weighted by Crippen LogP contribution is 2.28. The van der Waals surface area contributed by atoms with Gasteiger partial charge < -0.3 is 15.0 Å². The minimum Gasteiger partial charge on any atom is -0.497 e. The van der Waals surface area contributed by atoms with Gasteiger partial charge in [0.05, 0.1) is 17.7 Å². The molecule has 8 nitrogen and oxygen atoms in total. The Kier molecular flexibility index (Phi) is 11.6. The molecule has 0 fully saturated rings. The minimum absolute atomic E-state index is 0.0850. The molecule has 1 unspecified atom stereocenters. The van der Waals surface area contributed by atoms with Crippen molar-refractivity contribution >= 4 is 39.1 Å². The van der Waals surface area contributed by atoms with Crippen molar-refractivity contribution in [1.82, 2.24) is 10.2 Å². The largest absolute Gasteiger partial charge is 0.497 e. The van der Waals surface area contributed by atoms with Crippen LogP contribution in [0.15, 0.2) is 108 Å². The fourth-order valence-electron chi connectivity index (χ4n) is 4.77. The van der Waals surface area contributed by atoms with Gasteiger partial charge in [-0.1, -0.05) is 73.1 Å². The monoisotopic (exact) mass is 651 g/mol. The number of benzene rings is 4. The van der Waals surface area contributed by atoms with Gasteiger partial charge >= 0.3 is 0 Å². The Morgan fingerprint density at radius 1 is 0.933 bits per heavy atom. The van der Waals surface area contributed by atoms with E-state index in [1.54, 1.807) is 18.2 Å². The summed E-state index contributed by atoms with van der Waals surface area (Å²) in [6.45, 7) is 1.32. The van der Waals surface area contributed by atoms with E-state index >= 15 is 0 Å². The summed E-state index contributed by atoms with van der Waals surface area (Å²) < 4.78 is 49.3.